The van der Waals surface area contributed by atoms with Gasteiger partial charge < -0.3 is 40.8 Å². The number of amides is 1. The fraction of sp³-hybridized carbons (Fsp3) is 0.978. The molecule has 0 heterocycles. The molecule has 6 unspecified atom stereocenters. The van der Waals surface area contributed by atoms with E-state index in [1.165, 1.54) is 148 Å². The highest BCUT2D eigenvalue weighted by atomic mass is 31.2. The summed E-state index contributed by atoms with van der Waals surface area (Å²) in [6, 6.07) is -1.02. The molecule has 346 valence electrons. The number of nitrogens with one attached hydrogen (secondary N) is 1. The second-order valence-corrected chi connectivity index (χ2v) is 18.7. The van der Waals surface area contributed by atoms with Gasteiger partial charge in [-0.25, -0.2) is 4.57 Å². The van der Waals surface area contributed by atoms with Crippen LogP contribution in [0.2, 0.25) is 0 Å². The first kappa shape index (κ1) is 55.4. The second-order valence-electron chi connectivity index (χ2n) is 17.3. The van der Waals surface area contributed by atoms with Gasteiger partial charge in [-0.1, -0.05) is 206 Å². The Hall–Kier alpha value is -0.660. The normalized spacial score (nSPS) is 23.1. The Bertz CT molecular complexity index is 994. The van der Waals surface area contributed by atoms with Crippen LogP contribution in [-0.2, 0) is 18.4 Å². The van der Waals surface area contributed by atoms with Crippen molar-refractivity contribution in [1.29, 1.82) is 0 Å². The predicted octanol–water partition coefficient (Wildman–Crippen LogP) is 9.07. The van der Waals surface area contributed by atoms with Crippen molar-refractivity contribution in [2.24, 2.45) is 0 Å². The third-order valence-electron chi connectivity index (χ3n) is 11.9. The van der Waals surface area contributed by atoms with Crippen molar-refractivity contribution >= 4 is 13.7 Å². The van der Waals surface area contributed by atoms with Crippen molar-refractivity contribution in [2.75, 3.05) is 6.61 Å². The maximum atomic E-state index is 13.0. The van der Waals surface area contributed by atoms with Crippen LogP contribution < -0.4 is 5.32 Å². The summed E-state index contributed by atoms with van der Waals surface area (Å²) in [5.41, 5.74) is 0. The van der Waals surface area contributed by atoms with Crippen LogP contribution in [0.15, 0.2) is 0 Å². The van der Waals surface area contributed by atoms with Gasteiger partial charge in [0.25, 0.3) is 0 Å². The van der Waals surface area contributed by atoms with Crippen molar-refractivity contribution in [3.05, 3.63) is 0 Å². The highest BCUT2D eigenvalue weighted by Gasteiger charge is 2.51. The maximum absolute atomic E-state index is 13.0. The van der Waals surface area contributed by atoms with E-state index >= 15 is 0 Å². The summed E-state index contributed by atoms with van der Waals surface area (Å²) in [5.74, 6) is -0.304. The molecular formula is C45H90NO11P. The minimum atomic E-state index is -5.05. The SMILES string of the molecule is CCCCCCCCCCCCCCCCCCCCCC(=O)N[C@@H](COP(=O)(O)OC1C(O)C(O)C(O)[C@@H](O)C1O)[C@H](O)CCCCCCCCCCCCCC. The highest BCUT2D eigenvalue weighted by molar-refractivity contribution is 7.47. The van der Waals surface area contributed by atoms with Gasteiger partial charge in [0, 0.05) is 6.42 Å². The standard InChI is InChI=1S/C45H90NO11P/c1-3-5-7-9-11-13-15-17-18-19-20-21-22-23-25-27-29-31-33-35-39(48)46-37(38(47)34-32-30-28-26-24-16-14-12-10-8-6-4-2)36-56-58(54,55)57-45-43(52)41(50)40(49)42(51)44(45)53/h37-38,40-45,47,49-53H,3-36H2,1-2H3,(H,46,48)(H,54,55)/t37-,38+,40?,41+,42?,43?,44?,45?/m0/s1. The van der Waals surface area contributed by atoms with E-state index in [1.807, 2.05) is 0 Å². The molecule has 1 aliphatic rings. The van der Waals surface area contributed by atoms with Crippen molar-refractivity contribution in [1.82, 2.24) is 5.32 Å². The molecular weight excluding hydrogens is 761 g/mol. The first-order chi connectivity index (χ1) is 27.9. The Morgan fingerprint density at radius 2 is 0.828 bits per heavy atom. The van der Waals surface area contributed by atoms with Gasteiger partial charge in [-0.3, -0.25) is 13.8 Å². The Labute approximate surface area is 353 Å². The van der Waals surface area contributed by atoms with E-state index in [0.717, 1.165) is 38.5 Å². The summed E-state index contributed by atoms with van der Waals surface area (Å²) in [7, 11) is -5.05. The Morgan fingerprint density at radius 1 is 0.517 bits per heavy atom. The molecule has 1 rings (SSSR count). The van der Waals surface area contributed by atoms with Gasteiger partial charge >= 0.3 is 7.82 Å². The molecule has 0 aromatic heterocycles. The van der Waals surface area contributed by atoms with Crippen LogP contribution in [0.4, 0.5) is 0 Å². The van der Waals surface area contributed by atoms with Crippen molar-refractivity contribution in [3.63, 3.8) is 0 Å². The van der Waals surface area contributed by atoms with Gasteiger partial charge in [0.1, 0.15) is 36.6 Å². The molecule has 0 radical (unpaired) electrons. The molecule has 0 saturated heterocycles. The Morgan fingerprint density at radius 3 is 1.19 bits per heavy atom. The van der Waals surface area contributed by atoms with Crippen LogP contribution in [-0.4, -0.2) is 96.8 Å². The average molecular weight is 852 g/mol. The number of unbranched alkanes of at least 4 members (excludes halogenated alkanes) is 29. The van der Waals surface area contributed by atoms with Crippen LogP contribution in [0.1, 0.15) is 226 Å². The molecule has 8 N–H and O–H groups in total. The van der Waals surface area contributed by atoms with Crippen molar-refractivity contribution in [3.8, 4) is 0 Å². The van der Waals surface area contributed by atoms with E-state index in [2.05, 4.69) is 19.2 Å². The fourth-order valence-corrected chi connectivity index (χ4v) is 8.93. The lowest BCUT2D eigenvalue weighted by Gasteiger charge is -2.41. The minimum absolute atomic E-state index is 0.243. The molecule has 1 saturated carbocycles. The second kappa shape index (κ2) is 35.9. The lowest BCUT2D eigenvalue weighted by Crippen LogP contribution is -2.64. The molecule has 13 heteroatoms. The van der Waals surface area contributed by atoms with Gasteiger partial charge in [0.15, 0.2) is 0 Å². The molecule has 1 aliphatic carbocycles. The summed E-state index contributed by atoms with van der Waals surface area (Å²) >= 11 is 0. The number of hydrogen-bond acceptors (Lipinski definition) is 10. The van der Waals surface area contributed by atoms with E-state index in [-0.39, 0.29) is 12.3 Å². The van der Waals surface area contributed by atoms with Gasteiger partial charge in [-0.15, -0.1) is 0 Å². The Balaban J connectivity index is 2.41. The summed E-state index contributed by atoms with van der Waals surface area (Å²) in [6.45, 7) is 3.90. The molecule has 9 atom stereocenters. The van der Waals surface area contributed by atoms with E-state index in [0.29, 0.717) is 19.3 Å². The van der Waals surface area contributed by atoms with E-state index in [1.54, 1.807) is 0 Å². The molecule has 1 fully saturated rings. The zero-order valence-electron chi connectivity index (χ0n) is 36.9. The number of phosphoric acid groups is 1. The molecule has 0 spiro atoms. The zero-order chi connectivity index (χ0) is 42.9. The van der Waals surface area contributed by atoms with Gasteiger partial charge in [0.05, 0.1) is 18.8 Å². The van der Waals surface area contributed by atoms with Crippen molar-refractivity contribution in [2.45, 2.75) is 275 Å². The molecule has 58 heavy (non-hydrogen) atoms. The number of carbonyl (C=O) groups excluding carboxylic acids is 1. The number of carbonyl (C=O) groups is 1. The van der Waals surface area contributed by atoms with E-state index in [9.17, 15) is 44.9 Å². The number of aliphatic hydroxyl groups excluding tert-OH is 6. The molecule has 0 aromatic rings. The number of rotatable bonds is 40. The topological polar surface area (TPSA) is 206 Å². The maximum Gasteiger partial charge on any atom is 0.472 e. The molecule has 0 aliphatic heterocycles. The van der Waals surface area contributed by atoms with Crippen LogP contribution in [0.3, 0.4) is 0 Å². The first-order valence-corrected chi connectivity index (χ1v) is 25.5. The van der Waals surface area contributed by atoms with Crippen LogP contribution in [0.5, 0.6) is 0 Å². The lowest BCUT2D eigenvalue weighted by atomic mass is 9.85. The average Bonchev–Trinajstić information content (AvgIpc) is 3.20. The predicted molar refractivity (Wildman–Crippen MR) is 232 cm³/mol. The van der Waals surface area contributed by atoms with Crippen LogP contribution in [0, 0.1) is 0 Å². The third-order valence-corrected chi connectivity index (χ3v) is 12.9. The monoisotopic (exact) mass is 852 g/mol. The molecule has 0 bridgehead atoms. The highest BCUT2D eigenvalue weighted by Crippen LogP contribution is 2.47. The quantitative estimate of drug-likeness (QED) is 0.0216. The number of hydrogen-bond donors (Lipinski definition) is 8. The zero-order valence-corrected chi connectivity index (χ0v) is 37.8. The molecule has 1 amide bonds. The van der Waals surface area contributed by atoms with E-state index in [4.69, 9.17) is 9.05 Å². The molecule has 12 nitrogen and oxygen atoms in total. The largest absolute Gasteiger partial charge is 0.472 e. The van der Waals surface area contributed by atoms with E-state index < -0.39 is 63.2 Å². The van der Waals surface area contributed by atoms with Crippen LogP contribution >= 0.6 is 7.82 Å². The van der Waals surface area contributed by atoms with Gasteiger partial charge in [0.2, 0.25) is 5.91 Å². The number of phosphoric ester groups is 1. The molecule has 0 aromatic carbocycles. The fourth-order valence-electron chi connectivity index (χ4n) is 7.97. The summed E-state index contributed by atoms with van der Waals surface area (Å²) in [6.07, 6.45) is 25.7. The third kappa shape index (κ3) is 27.3. The van der Waals surface area contributed by atoms with Gasteiger partial charge in [-0.05, 0) is 12.8 Å². The summed E-state index contributed by atoms with van der Waals surface area (Å²) in [5, 5.41) is 64.1. The smallest absolute Gasteiger partial charge is 0.391 e. The van der Waals surface area contributed by atoms with Crippen molar-refractivity contribution < 1.29 is 53.9 Å². The lowest BCUT2D eigenvalue weighted by molar-refractivity contribution is -0.220. The Kier molecular flexibility index (Phi) is 34.3. The van der Waals surface area contributed by atoms with Crippen LogP contribution in [0.25, 0.3) is 0 Å². The minimum Gasteiger partial charge on any atom is -0.391 e. The number of aliphatic hydroxyl groups is 6. The summed E-state index contributed by atoms with van der Waals surface area (Å²) in [4.78, 5) is 23.4. The van der Waals surface area contributed by atoms with Gasteiger partial charge in [-0.2, -0.15) is 0 Å². The first-order valence-electron chi connectivity index (χ1n) is 24.0. The summed E-state index contributed by atoms with van der Waals surface area (Å²) < 4.78 is 23.0.